The highest BCUT2D eigenvalue weighted by molar-refractivity contribution is 6.04. The van der Waals surface area contributed by atoms with Gasteiger partial charge in [-0.15, -0.1) is 0 Å². The van der Waals surface area contributed by atoms with E-state index in [9.17, 15) is 29.3 Å². The van der Waals surface area contributed by atoms with E-state index in [0.717, 1.165) is 12.0 Å². The topological polar surface area (TPSA) is 135 Å². The first-order chi connectivity index (χ1) is 16.8. The molecule has 0 saturated carbocycles. The molecule has 3 aliphatic heterocycles. The van der Waals surface area contributed by atoms with Crippen molar-refractivity contribution in [3.63, 3.8) is 0 Å². The van der Waals surface area contributed by atoms with Gasteiger partial charge in [-0.3, -0.25) is 29.4 Å². The number of nitrogens with zero attached hydrogens (tertiary/aromatic N) is 4. The molecule has 1 aromatic heterocycles. The maximum absolute atomic E-state index is 13.0. The zero-order chi connectivity index (χ0) is 24.7. The van der Waals surface area contributed by atoms with Gasteiger partial charge >= 0.3 is 17.3 Å². The lowest BCUT2D eigenvalue weighted by Gasteiger charge is -2.42. The number of benzene rings is 1. The number of hydrogen-bond acceptors (Lipinski definition) is 6. The van der Waals surface area contributed by atoms with Crippen LogP contribution in [0.5, 0.6) is 0 Å². The SMILES string of the molecule is O=C(CC[C@@H]1NC(=O)N(Cc2ccccc2)C1=O)N1C[C@H]2C[C@@H](C1)c1ccc([N+](=O)[O-])c(=O)n1C2. The standard InChI is InChI=1S/C24H25N5O6/c30-21(9-6-18-22(31)28(24(33)25-18)12-15-4-2-1-3-5-15)26-11-16-10-17(14-26)19-7-8-20(29(34)35)23(32)27(19)13-16/h1-5,7-8,16-18H,6,9-14H2,(H,25,33)/t16-,17+,18+/m1/s1. The summed E-state index contributed by atoms with van der Waals surface area (Å²) in [5, 5.41) is 13.8. The number of urea groups is 1. The monoisotopic (exact) mass is 479 g/mol. The van der Waals surface area contributed by atoms with Crippen molar-refractivity contribution in [2.24, 2.45) is 5.92 Å². The van der Waals surface area contributed by atoms with Gasteiger partial charge in [0.1, 0.15) is 6.04 Å². The summed E-state index contributed by atoms with van der Waals surface area (Å²) < 4.78 is 1.48. The molecule has 11 heteroatoms. The Labute approximate surface area is 200 Å². The maximum Gasteiger partial charge on any atom is 0.334 e. The van der Waals surface area contributed by atoms with E-state index in [-0.39, 0.29) is 43.0 Å². The number of carbonyl (C=O) groups is 3. The molecule has 0 spiro atoms. The minimum atomic E-state index is -0.737. The Balaban J connectivity index is 1.21. The summed E-state index contributed by atoms with van der Waals surface area (Å²) in [7, 11) is 0. The van der Waals surface area contributed by atoms with Crippen LogP contribution in [-0.2, 0) is 22.7 Å². The molecule has 2 aromatic rings. The van der Waals surface area contributed by atoms with E-state index < -0.39 is 28.2 Å². The lowest BCUT2D eigenvalue weighted by molar-refractivity contribution is -0.386. The zero-order valence-electron chi connectivity index (χ0n) is 19.0. The summed E-state index contributed by atoms with van der Waals surface area (Å²) in [6.07, 6.45) is 1.14. The van der Waals surface area contributed by atoms with Crippen molar-refractivity contribution in [1.82, 2.24) is 19.7 Å². The normalized spacial score (nSPS) is 23.1. The molecule has 0 radical (unpaired) electrons. The Morgan fingerprint density at radius 3 is 2.57 bits per heavy atom. The molecule has 182 valence electrons. The highest BCUT2D eigenvalue weighted by Gasteiger charge is 2.40. The molecular formula is C24H25N5O6. The third kappa shape index (κ3) is 4.29. The molecule has 4 heterocycles. The Hall–Kier alpha value is -4.02. The van der Waals surface area contributed by atoms with Crippen LogP contribution in [0, 0.1) is 16.0 Å². The van der Waals surface area contributed by atoms with Gasteiger partial charge in [0.2, 0.25) is 5.91 Å². The highest BCUT2D eigenvalue weighted by atomic mass is 16.6. The minimum absolute atomic E-state index is 0.0269. The van der Waals surface area contributed by atoms with Crippen LogP contribution in [0.1, 0.15) is 36.4 Å². The van der Waals surface area contributed by atoms with Crippen LogP contribution >= 0.6 is 0 Å². The lowest BCUT2D eigenvalue weighted by atomic mass is 9.83. The molecule has 4 amide bonds. The Bertz CT molecular complexity index is 1260. The Morgan fingerprint density at radius 2 is 1.83 bits per heavy atom. The molecule has 1 aromatic carbocycles. The van der Waals surface area contributed by atoms with Crippen molar-refractivity contribution in [1.29, 1.82) is 0 Å². The Kier molecular flexibility index (Phi) is 5.83. The summed E-state index contributed by atoms with van der Waals surface area (Å²) in [6, 6.07) is 10.9. The van der Waals surface area contributed by atoms with Crippen molar-refractivity contribution in [3.8, 4) is 0 Å². The summed E-state index contributed by atoms with van der Waals surface area (Å²) >= 11 is 0. The summed E-state index contributed by atoms with van der Waals surface area (Å²) in [5.41, 5.74) is 0.519. The number of piperidine rings is 1. The number of pyridine rings is 1. The number of nitro groups is 1. The Morgan fingerprint density at radius 1 is 1.06 bits per heavy atom. The van der Waals surface area contributed by atoms with Crippen LogP contribution < -0.4 is 10.9 Å². The van der Waals surface area contributed by atoms with Gasteiger partial charge in [-0.2, -0.15) is 0 Å². The second-order valence-corrected chi connectivity index (χ2v) is 9.36. The zero-order valence-corrected chi connectivity index (χ0v) is 19.0. The van der Waals surface area contributed by atoms with Crippen LogP contribution in [-0.4, -0.2) is 56.3 Å². The van der Waals surface area contributed by atoms with E-state index in [1.165, 1.54) is 15.5 Å². The fraction of sp³-hybridized carbons (Fsp3) is 0.417. The first-order valence-electron chi connectivity index (χ1n) is 11.6. The first kappa shape index (κ1) is 22.8. The number of rotatable bonds is 6. The average molecular weight is 479 g/mol. The molecule has 11 nitrogen and oxygen atoms in total. The number of carbonyl (C=O) groups excluding carboxylic acids is 3. The molecule has 2 fully saturated rings. The van der Waals surface area contributed by atoms with Gasteiger partial charge < -0.3 is 14.8 Å². The first-order valence-corrected chi connectivity index (χ1v) is 11.6. The van der Waals surface area contributed by atoms with Gasteiger partial charge in [-0.1, -0.05) is 30.3 Å². The summed E-state index contributed by atoms with van der Waals surface area (Å²) in [4.78, 5) is 64.0. The number of aromatic nitrogens is 1. The fourth-order valence-corrected chi connectivity index (χ4v) is 5.39. The van der Waals surface area contributed by atoms with Gasteiger partial charge in [0.15, 0.2) is 0 Å². The molecular weight excluding hydrogens is 454 g/mol. The number of likely N-dealkylation sites (tertiary alicyclic amines) is 1. The average Bonchev–Trinajstić information content (AvgIpc) is 3.11. The van der Waals surface area contributed by atoms with E-state index in [2.05, 4.69) is 5.32 Å². The molecule has 1 N–H and O–H groups in total. The second-order valence-electron chi connectivity index (χ2n) is 9.36. The van der Waals surface area contributed by atoms with Crippen LogP contribution in [0.2, 0.25) is 0 Å². The van der Waals surface area contributed by atoms with Gasteiger partial charge in [0.05, 0.1) is 11.5 Å². The molecule has 35 heavy (non-hydrogen) atoms. The maximum atomic E-state index is 13.0. The highest BCUT2D eigenvalue weighted by Crippen LogP contribution is 2.36. The fourth-order valence-electron chi connectivity index (χ4n) is 5.39. The van der Waals surface area contributed by atoms with Crippen LogP contribution in [0.25, 0.3) is 0 Å². The largest absolute Gasteiger partial charge is 0.342 e. The molecule has 2 bridgehead atoms. The number of hydrogen-bond donors (Lipinski definition) is 1. The predicted molar refractivity (Wildman–Crippen MR) is 123 cm³/mol. The van der Waals surface area contributed by atoms with Crippen molar-refractivity contribution in [3.05, 3.63) is 74.2 Å². The van der Waals surface area contributed by atoms with Crippen LogP contribution in [0.3, 0.4) is 0 Å². The van der Waals surface area contributed by atoms with E-state index >= 15 is 0 Å². The second kappa shape index (κ2) is 8.97. The number of nitrogens with one attached hydrogen (secondary N) is 1. The quantitative estimate of drug-likeness (QED) is 0.380. The minimum Gasteiger partial charge on any atom is -0.342 e. The molecule has 2 saturated heterocycles. The van der Waals surface area contributed by atoms with Gasteiger partial charge in [0, 0.05) is 43.7 Å². The number of fused-ring (bicyclic) bond motifs is 4. The van der Waals surface area contributed by atoms with Crippen LogP contribution in [0.4, 0.5) is 10.5 Å². The van der Waals surface area contributed by atoms with Crippen molar-refractivity contribution < 1.29 is 19.3 Å². The van der Waals surface area contributed by atoms with Gasteiger partial charge in [-0.05, 0) is 30.4 Å². The van der Waals surface area contributed by atoms with E-state index in [1.807, 2.05) is 30.3 Å². The molecule has 0 aliphatic carbocycles. The smallest absolute Gasteiger partial charge is 0.334 e. The van der Waals surface area contributed by atoms with Crippen molar-refractivity contribution >= 4 is 23.5 Å². The molecule has 3 aliphatic rings. The van der Waals surface area contributed by atoms with E-state index in [1.54, 1.807) is 11.0 Å². The third-order valence-electron chi connectivity index (χ3n) is 7.07. The van der Waals surface area contributed by atoms with Gasteiger partial charge in [0.25, 0.3) is 5.91 Å². The third-order valence-corrected chi connectivity index (χ3v) is 7.07. The molecule has 3 atom stereocenters. The van der Waals surface area contributed by atoms with Crippen molar-refractivity contribution in [2.75, 3.05) is 13.1 Å². The summed E-state index contributed by atoms with van der Waals surface area (Å²) in [6.45, 7) is 1.39. The van der Waals surface area contributed by atoms with Crippen LogP contribution in [0.15, 0.2) is 47.3 Å². The lowest BCUT2D eigenvalue weighted by Crippen LogP contribution is -2.49. The van der Waals surface area contributed by atoms with E-state index in [4.69, 9.17) is 0 Å². The van der Waals surface area contributed by atoms with Gasteiger partial charge in [-0.25, -0.2) is 4.79 Å². The van der Waals surface area contributed by atoms with Crippen molar-refractivity contribution in [2.45, 2.75) is 44.3 Å². The molecule has 5 rings (SSSR count). The number of imide groups is 1. The molecule has 0 unspecified atom stereocenters. The summed E-state index contributed by atoms with van der Waals surface area (Å²) in [5.74, 6) is -0.494. The van der Waals surface area contributed by atoms with E-state index in [0.29, 0.717) is 25.3 Å². The predicted octanol–water partition coefficient (Wildman–Crippen LogP) is 1.60. The number of amides is 4.